The summed E-state index contributed by atoms with van der Waals surface area (Å²) in [5.41, 5.74) is 3.06. The fourth-order valence-electron chi connectivity index (χ4n) is 2.15. The molecule has 0 radical (unpaired) electrons. The highest BCUT2D eigenvalue weighted by Gasteiger charge is 2.01. The molecule has 2 aromatic carbocycles. The minimum atomic E-state index is 0.852. The van der Waals surface area contributed by atoms with Crippen LogP contribution in [0, 0.1) is 3.57 Å². The van der Waals surface area contributed by atoms with Crippen LogP contribution in [0.2, 0.25) is 0 Å². The zero-order chi connectivity index (χ0) is 15.4. The molecule has 3 rings (SSSR count). The first-order chi connectivity index (χ1) is 10.8. The Bertz CT molecular complexity index is 774. The van der Waals surface area contributed by atoms with E-state index in [1.54, 1.807) is 7.11 Å². The summed E-state index contributed by atoms with van der Waals surface area (Å²) in [6, 6.07) is 20.1. The van der Waals surface area contributed by atoms with E-state index in [4.69, 9.17) is 4.74 Å². The lowest BCUT2D eigenvalue weighted by atomic mass is 10.3. The lowest BCUT2D eigenvalue weighted by Gasteiger charge is -2.07. The van der Waals surface area contributed by atoms with Gasteiger partial charge in [0, 0.05) is 15.5 Å². The number of benzene rings is 2. The van der Waals surface area contributed by atoms with Gasteiger partial charge in [0.05, 0.1) is 24.7 Å². The van der Waals surface area contributed by atoms with Crippen LogP contribution in [0.25, 0.3) is 5.69 Å². The normalized spacial score (nSPS) is 11.0. The van der Waals surface area contributed by atoms with Crippen LogP contribution in [0.3, 0.4) is 0 Å². The number of aromatic nitrogens is 1. The zero-order valence-corrected chi connectivity index (χ0v) is 14.3. The lowest BCUT2D eigenvalue weighted by molar-refractivity contribution is 0.415. The molecule has 0 aliphatic heterocycles. The van der Waals surface area contributed by atoms with E-state index in [9.17, 15) is 0 Å². The van der Waals surface area contributed by atoms with E-state index in [2.05, 4.69) is 44.3 Å². The van der Waals surface area contributed by atoms with Crippen molar-refractivity contribution in [3.63, 3.8) is 0 Å². The van der Waals surface area contributed by atoms with Crippen molar-refractivity contribution in [3.8, 4) is 11.4 Å². The number of halogens is 1. The van der Waals surface area contributed by atoms with Gasteiger partial charge in [0.25, 0.3) is 0 Å². The van der Waals surface area contributed by atoms with E-state index >= 15 is 0 Å². The highest BCUT2D eigenvalue weighted by molar-refractivity contribution is 14.1. The van der Waals surface area contributed by atoms with Gasteiger partial charge in [0.15, 0.2) is 0 Å². The molecule has 0 N–H and O–H groups in total. The highest BCUT2D eigenvalue weighted by Crippen LogP contribution is 2.18. The Kier molecular flexibility index (Phi) is 4.58. The summed E-state index contributed by atoms with van der Waals surface area (Å²) in [6.07, 6.45) is 3.91. The average Bonchev–Trinajstić information content (AvgIpc) is 3.03. The molecule has 0 aliphatic carbocycles. The Hall–Kier alpha value is -2.08. The number of aliphatic imine (C=N–C) groups is 1. The molecule has 0 saturated carbocycles. The highest BCUT2D eigenvalue weighted by atomic mass is 127. The van der Waals surface area contributed by atoms with Gasteiger partial charge in [-0.3, -0.25) is 4.99 Å². The maximum absolute atomic E-state index is 5.20. The van der Waals surface area contributed by atoms with Crippen LogP contribution in [-0.4, -0.2) is 17.9 Å². The zero-order valence-electron chi connectivity index (χ0n) is 12.1. The van der Waals surface area contributed by atoms with Gasteiger partial charge in [-0.05, 0) is 83.3 Å². The van der Waals surface area contributed by atoms with Crippen molar-refractivity contribution in [1.82, 2.24) is 4.57 Å². The first kappa shape index (κ1) is 14.8. The smallest absolute Gasteiger partial charge is 0.119 e. The molecule has 0 amide bonds. The van der Waals surface area contributed by atoms with Crippen LogP contribution in [0.5, 0.6) is 5.75 Å². The minimum Gasteiger partial charge on any atom is -0.497 e. The van der Waals surface area contributed by atoms with Gasteiger partial charge in [-0.15, -0.1) is 0 Å². The largest absolute Gasteiger partial charge is 0.497 e. The van der Waals surface area contributed by atoms with Crippen molar-refractivity contribution in [3.05, 3.63) is 76.1 Å². The third-order valence-corrected chi connectivity index (χ3v) is 4.02. The van der Waals surface area contributed by atoms with Crippen molar-refractivity contribution < 1.29 is 4.74 Å². The van der Waals surface area contributed by atoms with Crippen LogP contribution in [0.15, 0.2) is 71.9 Å². The van der Waals surface area contributed by atoms with Gasteiger partial charge in [0.2, 0.25) is 0 Å². The molecule has 22 heavy (non-hydrogen) atoms. The molecule has 0 aliphatic rings. The molecule has 0 spiro atoms. The molecule has 0 atom stereocenters. The lowest BCUT2D eigenvalue weighted by Crippen LogP contribution is -1.97. The summed E-state index contributed by atoms with van der Waals surface area (Å²) in [5.74, 6) is 0.852. The molecule has 4 heteroatoms. The number of methoxy groups -OCH3 is 1. The van der Waals surface area contributed by atoms with Crippen LogP contribution in [0.1, 0.15) is 5.69 Å². The molecule has 0 bridgehead atoms. The molecular weight excluding hydrogens is 387 g/mol. The number of hydrogen-bond donors (Lipinski definition) is 0. The molecule has 1 aromatic heterocycles. The monoisotopic (exact) mass is 402 g/mol. The Morgan fingerprint density at radius 1 is 1.00 bits per heavy atom. The Balaban J connectivity index is 1.86. The SMILES string of the molecule is COc1ccc(-n2cccc2C=Nc2ccc(I)cc2)cc1. The van der Waals surface area contributed by atoms with E-state index in [0.717, 1.165) is 22.8 Å². The quantitative estimate of drug-likeness (QED) is 0.453. The predicted octanol–water partition coefficient (Wildman–Crippen LogP) is 4.84. The molecule has 110 valence electrons. The van der Waals surface area contributed by atoms with Crippen LogP contribution in [-0.2, 0) is 0 Å². The van der Waals surface area contributed by atoms with Crippen molar-refractivity contribution in [1.29, 1.82) is 0 Å². The van der Waals surface area contributed by atoms with Crippen LogP contribution in [0.4, 0.5) is 5.69 Å². The summed E-state index contributed by atoms with van der Waals surface area (Å²) >= 11 is 2.29. The number of nitrogens with zero attached hydrogens (tertiary/aromatic N) is 2. The van der Waals surface area contributed by atoms with Gasteiger partial charge in [0.1, 0.15) is 5.75 Å². The van der Waals surface area contributed by atoms with Gasteiger partial charge in [-0.2, -0.15) is 0 Å². The fraction of sp³-hybridized carbons (Fsp3) is 0.0556. The molecule has 3 aromatic rings. The summed E-state index contributed by atoms with van der Waals surface area (Å²) in [5, 5.41) is 0. The van der Waals surface area contributed by atoms with Crippen molar-refractivity contribution in [2.24, 2.45) is 4.99 Å². The first-order valence-electron chi connectivity index (χ1n) is 6.88. The van der Waals surface area contributed by atoms with Crippen molar-refractivity contribution in [2.75, 3.05) is 7.11 Å². The molecule has 0 fully saturated rings. The minimum absolute atomic E-state index is 0.852. The third kappa shape index (κ3) is 3.39. The van der Waals surface area contributed by atoms with Gasteiger partial charge < -0.3 is 9.30 Å². The second-order valence-corrected chi connectivity index (χ2v) is 5.98. The Morgan fingerprint density at radius 3 is 2.41 bits per heavy atom. The van der Waals surface area contributed by atoms with E-state index in [0.29, 0.717) is 0 Å². The summed E-state index contributed by atoms with van der Waals surface area (Å²) in [4.78, 5) is 4.54. The molecule has 3 nitrogen and oxygen atoms in total. The topological polar surface area (TPSA) is 26.5 Å². The standard InChI is InChI=1S/C18H15IN2O/c1-22-18-10-8-16(9-11-18)21-12-2-3-17(21)13-20-15-6-4-14(19)5-7-15/h2-13H,1H3. The molecule has 0 unspecified atom stereocenters. The maximum Gasteiger partial charge on any atom is 0.119 e. The number of rotatable bonds is 4. The second-order valence-electron chi connectivity index (χ2n) is 4.74. The Morgan fingerprint density at radius 2 is 1.73 bits per heavy atom. The van der Waals surface area contributed by atoms with Crippen LogP contribution < -0.4 is 4.74 Å². The van der Waals surface area contributed by atoms with Crippen molar-refractivity contribution in [2.45, 2.75) is 0 Å². The number of ether oxygens (including phenoxy) is 1. The van der Waals surface area contributed by atoms with E-state index in [1.807, 2.05) is 60.9 Å². The predicted molar refractivity (Wildman–Crippen MR) is 98.7 cm³/mol. The van der Waals surface area contributed by atoms with Crippen molar-refractivity contribution >= 4 is 34.5 Å². The number of hydrogen-bond acceptors (Lipinski definition) is 2. The summed E-state index contributed by atoms with van der Waals surface area (Å²) < 4.78 is 8.50. The third-order valence-electron chi connectivity index (χ3n) is 3.30. The first-order valence-corrected chi connectivity index (χ1v) is 7.95. The van der Waals surface area contributed by atoms with E-state index in [1.165, 1.54) is 3.57 Å². The second kappa shape index (κ2) is 6.79. The summed E-state index contributed by atoms with van der Waals surface area (Å²) in [7, 11) is 1.67. The van der Waals surface area contributed by atoms with E-state index in [-0.39, 0.29) is 0 Å². The Labute approximate surface area is 143 Å². The van der Waals surface area contributed by atoms with Crippen LogP contribution >= 0.6 is 22.6 Å². The van der Waals surface area contributed by atoms with Gasteiger partial charge in [-0.1, -0.05) is 0 Å². The summed E-state index contributed by atoms with van der Waals surface area (Å²) in [6.45, 7) is 0. The molecule has 1 heterocycles. The van der Waals surface area contributed by atoms with Gasteiger partial charge in [-0.25, -0.2) is 0 Å². The molecular formula is C18H15IN2O. The fourth-order valence-corrected chi connectivity index (χ4v) is 2.50. The average molecular weight is 402 g/mol. The van der Waals surface area contributed by atoms with Gasteiger partial charge >= 0.3 is 0 Å². The van der Waals surface area contributed by atoms with E-state index < -0.39 is 0 Å². The maximum atomic E-state index is 5.20. The molecule has 0 saturated heterocycles.